The standard InChI is InChI=1S/C17H18N2O6S/c1-3-18(15-7-5-6-13(12-15)17(20)25-4-2)26(23,24)16-10-8-14(9-11-16)19(21)22/h5-12H,3-4H2,1-2H3. The summed E-state index contributed by atoms with van der Waals surface area (Å²) in [5, 5.41) is 10.7. The molecule has 0 aromatic heterocycles. The summed E-state index contributed by atoms with van der Waals surface area (Å²) < 4.78 is 31.8. The van der Waals surface area contributed by atoms with Crippen LogP contribution >= 0.6 is 0 Å². The highest BCUT2D eigenvalue weighted by Crippen LogP contribution is 2.26. The van der Waals surface area contributed by atoms with Crippen LogP contribution in [-0.4, -0.2) is 32.5 Å². The summed E-state index contributed by atoms with van der Waals surface area (Å²) in [5.74, 6) is -0.543. The zero-order valence-electron chi connectivity index (χ0n) is 14.3. The zero-order valence-corrected chi connectivity index (χ0v) is 15.1. The van der Waals surface area contributed by atoms with Crippen molar-refractivity contribution in [2.75, 3.05) is 17.5 Å². The number of nitro benzene ring substituents is 1. The van der Waals surface area contributed by atoms with Crippen LogP contribution in [0.2, 0.25) is 0 Å². The molecule has 9 heteroatoms. The summed E-state index contributed by atoms with van der Waals surface area (Å²) in [7, 11) is -3.94. The number of hydrogen-bond acceptors (Lipinski definition) is 6. The maximum atomic E-state index is 12.9. The molecular weight excluding hydrogens is 360 g/mol. The van der Waals surface area contributed by atoms with Gasteiger partial charge >= 0.3 is 5.97 Å². The molecule has 0 aliphatic rings. The predicted octanol–water partition coefficient (Wildman–Crippen LogP) is 2.99. The van der Waals surface area contributed by atoms with Gasteiger partial charge in [-0.1, -0.05) is 6.07 Å². The minimum atomic E-state index is -3.94. The monoisotopic (exact) mass is 378 g/mol. The average Bonchev–Trinajstić information content (AvgIpc) is 2.62. The van der Waals surface area contributed by atoms with E-state index in [0.29, 0.717) is 5.69 Å². The fourth-order valence-electron chi connectivity index (χ4n) is 2.36. The molecule has 0 heterocycles. The van der Waals surface area contributed by atoms with Crippen LogP contribution in [0.4, 0.5) is 11.4 Å². The molecule has 2 aromatic rings. The Morgan fingerprint density at radius 3 is 2.35 bits per heavy atom. The molecule has 0 N–H and O–H groups in total. The number of carbonyl (C=O) groups excluding carboxylic acids is 1. The maximum absolute atomic E-state index is 12.9. The average molecular weight is 378 g/mol. The fraction of sp³-hybridized carbons (Fsp3) is 0.235. The van der Waals surface area contributed by atoms with Gasteiger partial charge in [0.25, 0.3) is 15.7 Å². The summed E-state index contributed by atoms with van der Waals surface area (Å²) in [4.78, 5) is 21.9. The number of nitrogens with zero attached hydrogens (tertiary/aromatic N) is 2. The van der Waals surface area contributed by atoms with Crippen molar-refractivity contribution in [3.8, 4) is 0 Å². The first-order valence-electron chi connectivity index (χ1n) is 7.85. The van der Waals surface area contributed by atoms with Crippen LogP contribution in [0, 0.1) is 10.1 Å². The van der Waals surface area contributed by atoms with Crippen LogP contribution in [-0.2, 0) is 14.8 Å². The van der Waals surface area contributed by atoms with E-state index in [1.807, 2.05) is 0 Å². The van der Waals surface area contributed by atoms with Crippen LogP contribution in [0.15, 0.2) is 53.4 Å². The highest BCUT2D eigenvalue weighted by Gasteiger charge is 2.25. The van der Waals surface area contributed by atoms with Crippen molar-refractivity contribution < 1.29 is 22.9 Å². The Morgan fingerprint density at radius 1 is 1.15 bits per heavy atom. The lowest BCUT2D eigenvalue weighted by Crippen LogP contribution is -2.31. The quantitative estimate of drug-likeness (QED) is 0.416. The first-order chi connectivity index (χ1) is 12.3. The van der Waals surface area contributed by atoms with Gasteiger partial charge in [-0.15, -0.1) is 0 Å². The minimum absolute atomic E-state index is 0.0773. The third kappa shape index (κ3) is 3.99. The predicted molar refractivity (Wildman–Crippen MR) is 95.7 cm³/mol. The molecule has 0 saturated heterocycles. The van der Waals surface area contributed by atoms with E-state index in [9.17, 15) is 23.3 Å². The molecule has 138 valence electrons. The van der Waals surface area contributed by atoms with E-state index >= 15 is 0 Å². The molecule has 2 rings (SSSR count). The Bertz CT molecular complexity index is 909. The molecule has 8 nitrogen and oxygen atoms in total. The second-order valence-corrected chi connectivity index (χ2v) is 7.05. The Morgan fingerprint density at radius 2 is 1.81 bits per heavy atom. The van der Waals surface area contributed by atoms with Crippen LogP contribution in [0.1, 0.15) is 24.2 Å². The highest BCUT2D eigenvalue weighted by atomic mass is 32.2. The Labute approximate surface area is 151 Å². The molecule has 0 aliphatic heterocycles. The van der Waals surface area contributed by atoms with Crippen molar-refractivity contribution in [2.24, 2.45) is 0 Å². The van der Waals surface area contributed by atoms with Crippen LogP contribution in [0.3, 0.4) is 0 Å². The lowest BCUT2D eigenvalue weighted by molar-refractivity contribution is -0.384. The van der Waals surface area contributed by atoms with Gasteiger partial charge in [0.15, 0.2) is 0 Å². The first kappa shape index (κ1) is 19.4. The smallest absolute Gasteiger partial charge is 0.338 e. The van der Waals surface area contributed by atoms with Gasteiger partial charge in [0.2, 0.25) is 0 Å². The van der Waals surface area contributed by atoms with Gasteiger partial charge in [0.05, 0.1) is 27.7 Å². The largest absolute Gasteiger partial charge is 0.462 e. The number of rotatable bonds is 7. The molecule has 0 aliphatic carbocycles. The molecule has 2 aromatic carbocycles. The molecule has 0 radical (unpaired) electrons. The van der Waals surface area contributed by atoms with Gasteiger partial charge < -0.3 is 4.74 Å². The van der Waals surface area contributed by atoms with Gasteiger partial charge in [-0.25, -0.2) is 13.2 Å². The molecule has 0 atom stereocenters. The number of anilines is 1. The van der Waals surface area contributed by atoms with Crippen LogP contribution in [0.5, 0.6) is 0 Å². The third-order valence-corrected chi connectivity index (χ3v) is 5.49. The molecule has 0 unspecified atom stereocenters. The second-order valence-electron chi connectivity index (χ2n) is 5.19. The van der Waals surface area contributed by atoms with Crippen LogP contribution in [0.25, 0.3) is 0 Å². The number of non-ortho nitro benzene ring substituents is 1. The number of esters is 1. The first-order valence-corrected chi connectivity index (χ1v) is 9.29. The topological polar surface area (TPSA) is 107 Å². The van der Waals surface area contributed by atoms with E-state index in [2.05, 4.69) is 0 Å². The molecular formula is C17H18N2O6S. The summed E-state index contributed by atoms with van der Waals surface area (Å²) in [6.45, 7) is 3.66. The lowest BCUT2D eigenvalue weighted by Gasteiger charge is -2.23. The summed E-state index contributed by atoms with van der Waals surface area (Å²) in [5.41, 5.74) is 0.342. The Kier molecular flexibility index (Phi) is 5.93. The van der Waals surface area contributed by atoms with Crippen molar-refractivity contribution in [1.29, 1.82) is 0 Å². The summed E-state index contributed by atoms with van der Waals surface area (Å²) >= 11 is 0. The van der Waals surface area contributed by atoms with E-state index in [1.165, 1.54) is 24.3 Å². The number of nitro groups is 1. The molecule has 0 amide bonds. The molecule has 26 heavy (non-hydrogen) atoms. The van der Waals surface area contributed by atoms with Gasteiger partial charge in [-0.05, 0) is 44.2 Å². The van der Waals surface area contributed by atoms with Crippen molar-refractivity contribution in [3.63, 3.8) is 0 Å². The van der Waals surface area contributed by atoms with Gasteiger partial charge in [-0.3, -0.25) is 14.4 Å². The van der Waals surface area contributed by atoms with E-state index in [1.54, 1.807) is 26.0 Å². The fourth-order valence-corrected chi connectivity index (χ4v) is 3.83. The number of ether oxygens (including phenoxy) is 1. The van der Waals surface area contributed by atoms with E-state index < -0.39 is 20.9 Å². The van der Waals surface area contributed by atoms with Crippen LogP contribution < -0.4 is 4.31 Å². The van der Waals surface area contributed by atoms with E-state index in [4.69, 9.17) is 4.74 Å². The van der Waals surface area contributed by atoms with Crippen molar-refractivity contribution in [2.45, 2.75) is 18.7 Å². The molecule has 0 spiro atoms. The van der Waals surface area contributed by atoms with Crippen molar-refractivity contribution >= 4 is 27.4 Å². The van der Waals surface area contributed by atoms with Crippen molar-refractivity contribution in [3.05, 3.63) is 64.2 Å². The minimum Gasteiger partial charge on any atom is -0.462 e. The Balaban J connectivity index is 2.42. The van der Waals surface area contributed by atoms with Gasteiger partial charge in [-0.2, -0.15) is 0 Å². The number of hydrogen-bond donors (Lipinski definition) is 0. The van der Waals surface area contributed by atoms with E-state index in [0.717, 1.165) is 16.4 Å². The summed E-state index contributed by atoms with van der Waals surface area (Å²) in [6, 6.07) is 10.7. The molecule has 0 fully saturated rings. The number of benzene rings is 2. The SMILES string of the molecule is CCOC(=O)c1cccc(N(CC)S(=O)(=O)c2ccc([N+](=O)[O-])cc2)c1. The normalized spacial score (nSPS) is 11.0. The number of carbonyl (C=O) groups is 1. The van der Waals surface area contributed by atoms with Crippen molar-refractivity contribution in [1.82, 2.24) is 0 Å². The van der Waals surface area contributed by atoms with Gasteiger partial charge in [0, 0.05) is 18.7 Å². The third-order valence-electron chi connectivity index (χ3n) is 3.57. The van der Waals surface area contributed by atoms with E-state index in [-0.39, 0.29) is 29.3 Å². The number of sulfonamides is 1. The highest BCUT2D eigenvalue weighted by molar-refractivity contribution is 7.92. The zero-order chi connectivity index (χ0) is 19.3. The summed E-state index contributed by atoms with van der Waals surface area (Å²) in [6.07, 6.45) is 0. The second kappa shape index (κ2) is 7.96. The molecule has 0 bridgehead atoms. The lowest BCUT2D eigenvalue weighted by atomic mass is 10.2. The van der Waals surface area contributed by atoms with Gasteiger partial charge in [0.1, 0.15) is 0 Å². The molecule has 0 saturated carbocycles. The maximum Gasteiger partial charge on any atom is 0.338 e. The Hall–Kier alpha value is -2.94.